The molecule has 0 atom stereocenters. The average Bonchev–Trinajstić information content (AvgIpc) is 2.68. The molecule has 0 spiro atoms. The van der Waals surface area contributed by atoms with E-state index < -0.39 is 14.9 Å². The summed E-state index contributed by atoms with van der Waals surface area (Å²) in [6, 6.07) is 12.2. The Morgan fingerprint density at radius 3 is 2.39 bits per heavy atom. The number of non-ortho nitro benzene ring substituents is 1. The molecule has 0 aromatic heterocycles. The van der Waals surface area contributed by atoms with Crippen molar-refractivity contribution in [2.45, 2.75) is 17.7 Å². The molecular formula is C18H18BrN3O5S. The summed E-state index contributed by atoms with van der Waals surface area (Å²) >= 11 is 3.28. The van der Waals surface area contributed by atoms with Crippen LogP contribution in [0.4, 0.5) is 11.4 Å². The van der Waals surface area contributed by atoms with Crippen LogP contribution in [-0.2, 0) is 14.8 Å². The van der Waals surface area contributed by atoms with E-state index in [2.05, 4.69) is 21.2 Å². The summed E-state index contributed by atoms with van der Waals surface area (Å²) < 4.78 is 27.6. The lowest BCUT2D eigenvalue weighted by atomic mass is 9.97. The van der Waals surface area contributed by atoms with Gasteiger partial charge in [0.25, 0.3) is 5.69 Å². The molecule has 3 rings (SSSR count). The number of piperidine rings is 1. The second-order valence-electron chi connectivity index (χ2n) is 6.43. The van der Waals surface area contributed by atoms with Gasteiger partial charge in [-0.1, -0.05) is 22.0 Å². The van der Waals surface area contributed by atoms with Crippen LogP contribution in [0, 0.1) is 16.0 Å². The Labute approximate surface area is 170 Å². The summed E-state index contributed by atoms with van der Waals surface area (Å²) in [7, 11) is -3.60. The van der Waals surface area contributed by atoms with Crippen LogP contribution in [0.15, 0.2) is 57.9 Å². The Hall–Kier alpha value is -2.30. The van der Waals surface area contributed by atoms with Crippen LogP contribution in [-0.4, -0.2) is 36.6 Å². The van der Waals surface area contributed by atoms with Gasteiger partial charge in [-0.3, -0.25) is 14.9 Å². The number of nitro groups is 1. The maximum absolute atomic E-state index is 12.7. The van der Waals surface area contributed by atoms with Crippen molar-refractivity contribution in [3.8, 4) is 0 Å². The minimum atomic E-state index is -3.60. The number of carbonyl (C=O) groups excluding carboxylic acids is 1. The smallest absolute Gasteiger partial charge is 0.271 e. The number of rotatable bonds is 5. The molecule has 1 fully saturated rings. The normalized spacial score (nSPS) is 15.9. The molecule has 0 bridgehead atoms. The van der Waals surface area contributed by atoms with E-state index in [0.717, 1.165) is 4.47 Å². The maximum atomic E-state index is 12.7. The molecule has 0 unspecified atom stereocenters. The molecule has 2 aromatic carbocycles. The quantitative estimate of drug-likeness (QED) is 0.535. The van der Waals surface area contributed by atoms with Gasteiger partial charge in [-0.25, -0.2) is 8.42 Å². The fourth-order valence-electron chi connectivity index (χ4n) is 3.06. The zero-order valence-electron chi connectivity index (χ0n) is 14.7. The Bertz CT molecular complexity index is 987. The first-order valence-corrected chi connectivity index (χ1v) is 10.8. The highest BCUT2D eigenvalue weighted by molar-refractivity contribution is 9.10. The van der Waals surface area contributed by atoms with Crippen molar-refractivity contribution in [3.63, 3.8) is 0 Å². The van der Waals surface area contributed by atoms with Gasteiger partial charge in [0.05, 0.1) is 9.82 Å². The molecule has 2 aromatic rings. The van der Waals surface area contributed by atoms with Gasteiger partial charge in [0, 0.05) is 41.3 Å². The number of nitro benzene ring substituents is 1. The first kappa shape index (κ1) is 20.4. The number of hydrogen-bond acceptors (Lipinski definition) is 5. The molecule has 1 N–H and O–H groups in total. The van der Waals surface area contributed by atoms with E-state index >= 15 is 0 Å². The van der Waals surface area contributed by atoms with E-state index in [4.69, 9.17) is 0 Å². The van der Waals surface area contributed by atoms with E-state index in [1.54, 1.807) is 30.3 Å². The van der Waals surface area contributed by atoms with Crippen molar-refractivity contribution in [1.29, 1.82) is 0 Å². The minimum absolute atomic E-state index is 0.104. The fraction of sp³-hybridized carbons (Fsp3) is 0.278. The number of benzene rings is 2. The van der Waals surface area contributed by atoms with Gasteiger partial charge >= 0.3 is 0 Å². The fourth-order valence-corrected chi connectivity index (χ4v) is 4.79. The SMILES string of the molecule is O=C(Nc1cccc([N+](=O)[O-])c1)C1CCN(S(=O)(=O)c2ccc(Br)cc2)CC1. The second kappa shape index (κ2) is 8.38. The van der Waals surface area contributed by atoms with Crippen molar-refractivity contribution in [3.05, 3.63) is 63.1 Å². The van der Waals surface area contributed by atoms with Crippen molar-refractivity contribution < 1.29 is 18.1 Å². The second-order valence-corrected chi connectivity index (χ2v) is 9.28. The number of carbonyl (C=O) groups is 1. The molecule has 0 radical (unpaired) electrons. The van der Waals surface area contributed by atoms with Crippen LogP contribution >= 0.6 is 15.9 Å². The van der Waals surface area contributed by atoms with Gasteiger partial charge in [-0.05, 0) is 43.2 Å². The number of hydrogen-bond donors (Lipinski definition) is 1. The monoisotopic (exact) mass is 467 g/mol. The third kappa shape index (κ3) is 4.57. The summed E-state index contributed by atoms with van der Waals surface area (Å²) in [5.74, 6) is -0.614. The lowest BCUT2D eigenvalue weighted by Gasteiger charge is -2.30. The lowest BCUT2D eigenvalue weighted by Crippen LogP contribution is -2.41. The van der Waals surface area contributed by atoms with Crippen molar-refractivity contribution >= 4 is 43.2 Å². The standard InChI is InChI=1S/C18H18BrN3O5S/c19-14-4-6-17(7-5-14)28(26,27)21-10-8-13(9-11-21)18(23)20-15-2-1-3-16(12-15)22(24)25/h1-7,12-13H,8-11H2,(H,20,23). The summed E-state index contributed by atoms with van der Waals surface area (Å²) in [6.07, 6.45) is 0.771. The number of amides is 1. The number of halogens is 1. The number of nitrogens with zero attached hydrogens (tertiary/aromatic N) is 2. The third-order valence-corrected chi connectivity index (χ3v) is 7.04. The van der Waals surface area contributed by atoms with E-state index in [1.807, 2.05) is 0 Å². The first-order chi connectivity index (χ1) is 13.3. The van der Waals surface area contributed by atoms with E-state index in [-0.39, 0.29) is 35.5 Å². The number of nitrogens with one attached hydrogen (secondary N) is 1. The molecule has 10 heteroatoms. The van der Waals surface area contributed by atoms with Gasteiger partial charge in [0.15, 0.2) is 0 Å². The highest BCUT2D eigenvalue weighted by Gasteiger charge is 2.32. The molecule has 0 aliphatic carbocycles. The summed E-state index contributed by atoms with van der Waals surface area (Å²) in [5.41, 5.74) is 0.248. The largest absolute Gasteiger partial charge is 0.326 e. The molecule has 1 heterocycles. The Morgan fingerprint density at radius 2 is 1.79 bits per heavy atom. The van der Waals surface area contributed by atoms with Crippen LogP contribution in [0.3, 0.4) is 0 Å². The summed E-state index contributed by atoms with van der Waals surface area (Å²) in [6.45, 7) is 0.483. The number of anilines is 1. The van der Waals surface area contributed by atoms with E-state index in [9.17, 15) is 23.3 Å². The predicted molar refractivity (Wildman–Crippen MR) is 107 cm³/mol. The molecule has 0 saturated carbocycles. The number of sulfonamides is 1. The van der Waals surface area contributed by atoms with Crippen LogP contribution < -0.4 is 5.32 Å². The van der Waals surface area contributed by atoms with Gasteiger partial charge < -0.3 is 5.32 Å². The highest BCUT2D eigenvalue weighted by atomic mass is 79.9. The minimum Gasteiger partial charge on any atom is -0.326 e. The van der Waals surface area contributed by atoms with Crippen molar-refractivity contribution in [2.75, 3.05) is 18.4 Å². The predicted octanol–water partition coefficient (Wildman–Crippen LogP) is 3.40. The molecule has 148 valence electrons. The zero-order valence-corrected chi connectivity index (χ0v) is 17.1. The zero-order chi connectivity index (χ0) is 20.3. The van der Waals surface area contributed by atoms with Crippen LogP contribution in [0.1, 0.15) is 12.8 Å². The van der Waals surface area contributed by atoms with Crippen molar-refractivity contribution in [1.82, 2.24) is 4.31 Å². The Morgan fingerprint density at radius 1 is 1.14 bits per heavy atom. The van der Waals surface area contributed by atoms with E-state index in [0.29, 0.717) is 18.5 Å². The van der Waals surface area contributed by atoms with E-state index in [1.165, 1.54) is 22.5 Å². The average molecular weight is 468 g/mol. The van der Waals surface area contributed by atoms with Gasteiger partial charge in [0.2, 0.25) is 15.9 Å². The highest BCUT2D eigenvalue weighted by Crippen LogP contribution is 2.26. The Balaban J connectivity index is 1.62. The first-order valence-electron chi connectivity index (χ1n) is 8.58. The molecular weight excluding hydrogens is 450 g/mol. The third-order valence-electron chi connectivity index (χ3n) is 4.60. The summed E-state index contributed by atoms with van der Waals surface area (Å²) in [4.78, 5) is 23.0. The lowest BCUT2D eigenvalue weighted by molar-refractivity contribution is -0.384. The molecule has 28 heavy (non-hydrogen) atoms. The maximum Gasteiger partial charge on any atom is 0.271 e. The van der Waals surface area contributed by atoms with Gasteiger partial charge in [0.1, 0.15) is 0 Å². The molecule has 8 nitrogen and oxygen atoms in total. The van der Waals surface area contributed by atoms with Crippen LogP contribution in [0.2, 0.25) is 0 Å². The molecule has 1 aliphatic rings. The van der Waals surface area contributed by atoms with Gasteiger partial charge in [-0.2, -0.15) is 4.31 Å². The van der Waals surface area contributed by atoms with Crippen molar-refractivity contribution in [2.24, 2.45) is 5.92 Å². The summed E-state index contributed by atoms with van der Waals surface area (Å²) in [5, 5.41) is 13.5. The topological polar surface area (TPSA) is 110 Å². The molecule has 1 amide bonds. The molecule has 1 saturated heterocycles. The van der Waals surface area contributed by atoms with Gasteiger partial charge in [-0.15, -0.1) is 0 Å². The van der Waals surface area contributed by atoms with Crippen LogP contribution in [0.5, 0.6) is 0 Å². The molecule has 1 aliphatic heterocycles. The Kier molecular flexibility index (Phi) is 6.11. The van der Waals surface area contributed by atoms with Crippen LogP contribution in [0.25, 0.3) is 0 Å².